The number of hydrogen-bond donors (Lipinski definition) is 0. The number of epoxide rings is 1. The van der Waals surface area contributed by atoms with Crippen LogP contribution in [0.25, 0.3) is 0 Å². The third-order valence-electron chi connectivity index (χ3n) is 2.74. The molecule has 2 rings (SSSR count). The molecule has 0 unspecified atom stereocenters. The van der Waals surface area contributed by atoms with E-state index in [0.29, 0.717) is 12.7 Å². The van der Waals surface area contributed by atoms with Gasteiger partial charge < -0.3 is 9.47 Å². The summed E-state index contributed by atoms with van der Waals surface area (Å²) in [5.74, 6) is 0. The van der Waals surface area contributed by atoms with E-state index < -0.39 is 0 Å². The van der Waals surface area contributed by atoms with Crippen LogP contribution in [0.5, 0.6) is 0 Å². The smallest absolute Gasteiger partial charge is 0.107 e. The van der Waals surface area contributed by atoms with Crippen molar-refractivity contribution in [1.82, 2.24) is 0 Å². The fraction of sp³-hybridized carbons (Fsp3) is 0.429. The van der Waals surface area contributed by atoms with Crippen LogP contribution in [0, 0.1) is 0 Å². The van der Waals surface area contributed by atoms with Gasteiger partial charge in [-0.25, -0.2) is 0 Å². The number of ether oxygens (including phenoxy) is 2. The van der Waals surface area contributed by atoms with Crippen molar-refractivity contribution in [3.05, 3.63) is 48.6 Å². The van der Waals surface area contributed by atoms with E-state index >= 15 is 0 Å². The second kappa shape index (κ2) is 5.83. The van der Waals surface area contributed by atoms with E-state index in [2.05, 4.69) is 18.7 Å². The SMILES string of the molecule is C=CCC[C@H](OCc1ccccc1)[C@H]1CO1. The van der Waals surface area contributed by atoms with Gasteiger partial charge in [-0.05, 0) is 18.4 Å². The summed E-state index contributed by atoms with van der Waals surface area (Å²) in [4.78, 5) is 0. The lowest BCUT2D eigenvalue weighted by molar-refractivity contribution is 0.0170. The summed E-state index contributed by atoms with van der Waals surface area (Å²) in [6.07, 6.45) is 4.45. The molecule has 0 amide bonds. The molecule has 2 nitrogen and oxygen atoms in total. The average Bonchev–Trinajstić information content (AvgIpc) is 3.15. The highest BCUT2D eigenvalue weighted by molar-refractivity contribution is 5.13. The Morgan fingerprint density at radius 2 is 2.19 bits per heavy atom. The first-order valence-corrected chi connectivity index (χ1v) is 5.78. The largest absolute Gasteiger partial charge is 0.371 e. The molecule has 0 aliphatic carbocycles. The number of allylic oxidation sites excluding steroid dienone is 1. The van der Waals surface area contributed by atoms with Crippen LogP contribution in [-0.4, -0.2) is 18.8 Å². The van der Waals surface area contributed by atoms with E-state index in [1.54, 1.807) is 0 Å². The first-order chi connectivity index (χ1) is 7.90. The van der Waals surface area contributed by atoms with Crippen molar-refractivity contribution in [2.24, 2.45) is 0 Å². The monoisotopic (exact) mass is 218 g/mol. The fourth-order valence-corrected chi connectivity index (χ4v) is 1.71. The van der Waals surface area contributed by atoms with Crippen LogP contribution in [0.2, 0.25) is 0 Å². The molecule has 2 atom stereocenters. The highest BCUT2D eigenvalue weighted by Gasteiger charge is 2.32. The van der Waals surface area contributed by atoms with Crippen LogP contribution in [0.3, 0.4) is 0 Å². The van der Waals surface area contributed by atoms with Crippen molar-refractivity contribution in [2.75, 3.05) is 6.61 Å². The van der Waals surface area contributed by atoms with Gasteiger partial charge in [0.15, 0.2) is 0 Å². The molecule has 1 saturated heterocycles. The zero-order valence-electron chi connectivity index (χ0n) is 9.47. The standard InChI is InChI=1S/C14H18O2/c1-2-3-9-13(14-11-16-14)15-10-12-7-5-4-6-8-12/h2,4-8,13-14H,1,3,9-11H2/t13-,14+/m0/s1. The zero-order chi connectivity index (χ0) is 11.2. The molecule has 1 heterocycles. The molecule has 0 bridgehead atoms. The van der Waals surface area contributed by atoms with Crippen LogP contribution in [0.1, 0.15) is 18.4 Å². The molecule has 0 aromatic heterocycles. The Labute approximate surface area is 96.9 Å². The topological polar surface area (TPSA) is 21.8 Å². The molecule has 1 aromatic carbocycles. The normalized spacial score (nSPS) is 20.4. The first kappa shape index (κ1) is 11.4. The van der Waals surface area contributed by atoms with E-state index in [1.807, 2.05) is 24.3 Å². The number of hydrogen-bond acceptors (Lipinski definition) is 2. The third-order valence-corrected chi connectivity index (χ3v) is 2.74. The first-order valence-electron chi connectivity index (χ1n) is 5.78. The molecule has 1 aliphatic rings. The van der Waals surface area contributed by atoms with Gasteiger partial charge in [0.05, 0.1) is 19.3 Å². The Balaban J connectivity index is 1.79. The Kier molecular flexibility index (Phi) is 4.14. The van der Waals surface area contributed by atoms with Crippen molar-refractivity contribution in [2.45, 2.75) is 31.7 Å². The van der Waals surface area contributed by atoms with Crippen LogP contribution in [-0.2, 0) is 16.1 Å². The van der Waals surface area contributed by atoms with E-state index in [1.165, 1.54) is 5.56 Å². The highest BCUT2D eigenvalue weighted by atomic mass is 16.6. The van der Waals surface area contributed by atoms with Crippen molar-refractivity contribution < 1.29 is 9.47 Å². The molecular formula is C14H18O2. The predicted octanol–water partition coefficient (Wildman–Crippen LogP) is 2.94. The summed E-state index contributed by atoms with van der Waals surface area (Å²) in [5, 5.41) is 0. The lowest BCUT2D eigenvalue weighted by Gasteiger charge is -2.14. The Morgan fingerprint density at radius 1 is 1.44 bits per heavy atom. The van der Waals surface area contributed by atoms with Gasteiger partial charge in [-0.1, -0.05) is 36.4 Å². The maximum atomic E-state index is 5.88. The van der Waals surface area contributed by atoms with E-state index in [0.717, 1.165) is 19.4 Å². The molecule has 16 heavy (non-hydrogen) atoms. The molecular weight excluding hydrogens is 200 g/mol. The van der Waals surface area contributed by atoms with Gasteiger partial charge in [-0.3, -0.25) is 0 Å². The van der Waals surface area contributed by atoms with Crippen molar-refractivity contribution >= 4 is 0 Å². The van der Waals surface area contributed by atoms with Crippen molar-refractivity contribution in [3.8, 4) is 0 Å². The van der Waals surface area contributed by atoms with Crippen LogP contribution < -0.4 is 0 Å². The van der Waals surface area contributed by atoms with Crippen molar-refractivity contribution in [3.63, 3.8) is 0 Å². The van der Waals surface area contributed by atoms with Crippen molar-refractivity contribution in [1.29, 1.82) is 0 Å². The second-order valence-corrected chi connectivity index (χ2v) is 4.07. The molecule has 0 radical (unpaired) electrons. The van der Waals surface area contributed by atoms with Crippen LogP contribution >= 0.6 is 0 Å². The summed E-state index contributed by atoms with van der Waals surface area (Å²) in [6.45, 7) is 5.25. The Morgan fingerprint density at radius 3 is 2.81 bits per heavy atom. The minimum Gasteiger partial charge on any atom is -0.371 e. The maximum absolute atomic E-state index is 5.88. The van der Waals surface area contributed by atoms with E-state index in [-0.39, 0.29) is 6.10 Å². The van der Waals surface area contributed by atoms with Gasteiger partial charge in [-0.2, -0.15) is 0 Å². The summed E-state index contributed by atoms with van der Waals surface area (Å²) in [6, 6.07) is 10.2. The summed E-state index contributed by atoms with van der Waals surface area (Å²) >= 11 is 0. The van der Waals surface area contributed by atoms with Gasteiger partial charge in [0.25, 0.3) is 0 Å². The molecule has 0 saturated carbocycles. The quantitative estimate of drug-likeness (QED) is 0.518. The maximum Gasteiger partial charge on any atom is 0.107 e. The summed E-state index contributed by atoms with van der Waals surface area (Å²) < 4.78 is 11.2. The molecule has 1 aromatic rings. The third kappa shape index (κ3) is 3.47. The number of benzene rings is 1. The van der Waals surface area contributed by atoms with Gasteiger partial charge in [0.1, 0.15) is 6.10 Å². The molecule has 0 spiro atoms. The summed E-state index contributed by atoms with van der Waals surface area (Å²) in [7, 11) is 0. The number of rotatable bonds is 7. The predicted molar refractivity (Wildman–Crippen MR) is 64.2 cm³/mol. The molecule has 1 aliphatic heterocycles. The summed E-state index contributed by atoms with van der Waals surface area (Å²) in [5.41, 5.74) is 1.21. The minimum atomic E-state index is 0.221. The van der Waals surface area contributed by atoms with E-state index in [9.17, 15) is 0 Å². The Hall–Kier alpha value is -1.12. The fourth-order valence-electron chi connectivity index (χ4n) is 1.71. The van der Waals surface area contributed by atoms with Gasteiger partial charge in [-0.15, -0.1) is 6.58 Å². The second-order valence-electron chi connectivity index (χ2n) is 4.07. The average molecular weight is 218 g/mol. The Bertz CT molecular complexity index is 317. The zero-order valence-corrected chi connectivity index (χ0v) is 9.47. The lowest BCUT2D eigenvalue weighted by Crippen LogP contribution is -2.19. The minimum absolute atomic E-state index is 0.221. The molecule has 1 fully saturated rings. The van der Waals surface area contributed by atoms with Gasteiger partial charge >= 0.3 is 0 Å². The van der Waals surface area contributed by atoms with Gasteiger partial charge in [0, 0.05) is 0 Å². The van der Waals surface area contributed by atoms with Crippen LogP contribution in [0.4, 0.5) is 0 Å². The molecule has 0 N–H and O–H groups in total. The molecule has 2 heteroatoms. The van der Waals surface area contributed by atoms with Crippen LogP contribution in [0.15, 0.2) is 43.0 Å². The highest BCUT2D eigenvalue weighted by Crippen LogP contribution is 2.22. The lowest BCUT2D eigenvalue weighted by atomic mass is 10.1. The van der Waals surface area contributed by atoms with E-state index in [4.69, 9.17) is 9.47 Å². The molecule has 86 valence electrons. The van der Waals surface area contributed by atoms with Gasteiger partial charge in [0.2, 0.25) is 0 Å².